The number of nitrogens with one attached hydrogen (secondary N) is 1. The van der Waals surface area contributed by atoms with E-state index in [0.29, 0.717) is 0 Å². The van der Waals surface area contributed by atoms with Gasteiger partial charge in [0.15, 0.2) is 0 Å². The zero-order chi connectivity index (χ0) is 10.1. The molecule has 1 aliphatic rings. The first-order valence-electron chi connectivity index (χ1n) is 5.01. The average Bonchev–Trinajstić information content (AvgIpc) is 2.77. The van der Waals surface area contributed by atoms with Crippen LogP contribution in [0.1, 0.15) is 23.5 Å². The van der Waals surface area contributed by atoms with Crippen molar-refractivity contribution in [1.82, 2.24) is 9.88 Å². The number of aryl methyl sites for hydroxylation is 1. The topological polar surface area (TPSA) is 37.9 Å². The van der Waals surface area contributed by atoms with Crippen molar-refractivity contribution in [2.75, 3.05) is 6.54 Å². The minimum absolute atomic E-state index is 0. The summed E-state index contributed by atoms with van der Waals surface area (Å²) in [7, 11) is 1.95. The maximum atomic E-state index is 12.0. The van der Waals surface area contributed by atoms with E-state index < -0.39 is 0 Å². The molecule has 0 unspecified atom stereocenters. The second kappa shape index (κ2) is 5.07. The zero-order valence-corrected chi connectivity index (χ0v) is 11.2. The second-order valence-corrected chi connectivity index (χ2v) is 3.81. The predicted octanol–water partition coefficient (Wildman–Crippen LogP) is -2.98. The fraction of sp³-hybridized carbons (Fsp3) is 0.600. The van der Waals surface area contributed by atoms with E-state index in [-0.39, 0.29) is 35.9 Å². The van der Waals surface area contributed by atoms with Gasteiger partial charge >= 0.3 is 5.91 Å². The van der Waals surface area contributed by atoms with Gasteiger partial charge in [-0.3, -0.25) is 0 Å². The fourth-order valence-electron chi connectivity index (χ4n) is 1.85. The number of carbonyl (C=O) groups is 1. The Labute approximate surface area is 107 Å². The lowest BCUT2D eigenvalue weighted by Gasteiger charge is -2.05. The van der Waals surface area contributed by atoms with E-state index in [1.165, 1.54) is 0 Å². The third kappa shape index (κ3) is 2.39. The first-order chi connectivity index (χ1) is 6.70. The zero-order valence-electron chi connectivity index (χ0n) is 9.03. The van der Waals surface area contributed by atoms with Crippen molar-refractivity contribution in [1.29, 1.82) is 0 Å². The Balaban J connectivity index is 0.00000112. The van der Waals surface area contributed by atoms with Gasteiger partial charge in [0.05, 0.1) is 7.05 Å². The molecular formula is C10H16IN3O. The molecule has 1 fully saturated rings. The lowest BCUT2D eigenvalue weighted by Crippen LogP contribution is -3.00. The molecule has 5 heteroatoms. The van der Waals surface area contributed by atoms with E-state index in [1.807, 2.05) is 30.9 Å². The van der Waals surface area contributed by atoms with Crippen LogP contribution in [-0.4, -0.2) is 23.1 Å². The molecule has 1 aliphatic heterocycles. The summed E-state index contributed by atoms with van der Waals surface area (Å²) in [6.45, 7) is 2.91. The Morgan fingerprint density at radius 3 is 2.87 bits per heavy atom. The minimum atomic E-state index is 0. The van der Waals surface area contributed by atoms with Crippen molar-refractivity contribution < 1.29 is 33.3 Å². The van der Waals surface area contributed by atoms with Crippen LogP contribution in [0.4, 0.5) is 0 Å². The quantitative estimate of drug-likeness (QED) is 0.443. The highest BCUT2D eigenvalue weighted by Crippen LogP contribution is 2.08. The molecule has 4 nitrogen and oxygen atoms in total. The molecule has 0 saturated carbocycles. The molecule has 1 aromatic rings. The Hall–Kier alpha value is -0.430. The van der Waals surface area contributed by atoms with Gasteiger partial charge in [-0.25, -0.2) is 9.36 Å². The van der Waals surface area contributed by atoms with Crippen LogP contribution in [0.25, 0.3) is 0 Å². The SMILES string of the molecule is Cc1n(C(=O)[C@@H]2CCCN2)cc[n+]1C.[I-]. The number of hydrogen-bond acceptors (Lipinski definition) is 2. The van der Waals surface area contributed by atoms with Gasteiger partial charge < -0.3 is 29.3 Å². The van der Waals surface area contributed by atoms with E-state index in [9.17, 15) is 4.79 Å². The van der Waals surface area contributed by atoms with Crippen LogP contribution >= 0.6 is 0 Å². The fourth-order valence-corrected chi connectivity index (χ4v) is 1.85. The summed E-state index contributed by atoms with van der Waals surface area (Å²) in [6, 6.07) is 0.0149. The molecule has 0 spiro atoms. The van der Waals surface area contributed by atoms with Gasteiger partial charge in [0.2, 0.25) is 0 Å². The van der Waals surface area contributed by atoms with Gasteiger partial charge in [0, 0.05) is 6.92 Å². The Bertz CT molecular complexity index is 356. The molecule has 0 aliphatic carbocycles. The molecule has 84 valence electrons. The van der Waals surface area contributed by atoms with E-state index in [4.69, 9.17) is 0 Å². The summed E-state index contributed by atoms with van der Waals surface area (Å²) in [5, 5.41) is 3.21. The Kier molecular flexibility index (Phi) is 4.27. The monoisotopic (exact) mass is 321 g/mol. The molecular weight excluding hydrogens is 305 g/mol. The molecule has 2 rings (SSSR count). The lowest BCUT2D eigenvalue weighted by atomic mass is 10.2. The molecule has 1 saturated heterocycles. The third-order valence-corrected chi connectivity index (χ3v) is 2.89. The summed E-state index contributed by atoms with van der Waals surface area (Å²) >= 11 is 0. The predicted molar refractivity (Wildman–Crippen MR) is 52.0 cm³/mol. The van der Waals surface area contributed by atoms with Crippen molar-refractivity contribution in [3.63, 3.8) is 0 Å². The van der Waals surface area contributed by atoms with Gasteiger partial charge in [0.25, 0.3) is 5.82 Å². The molecule has 1 atom stereocenters. The molecule has 0 amide bonds. The van der Waals surface area contributed by atoms with E-state index >= 15 is 0 Å². The van der Waals surface area contributed by atoms with Crippen LogP contribution in [0.15, 0.2) is 12.4 Å². The van der Waals surface area contributed by atoms with E-state index in [0.717, 1.165) is 25.2 Å². The maximum absolute atomic E-state index is 12.0. The molecule has 0 bridgehead atoms. The smallest absolute Gasteiger partial charge is 0.331 e. The van der Waals surface area contributed by atoms with Crippen molar-refractivity contribution in [3.8, 4) is 0 Å². The second-order valence-electron chi connectivity index (χ2n) is 3.81. The Morgan fingerprint density at radius 1 is 1.67 bits per heavy atom. The number of aromatic nitrogens is 2. The minimum Gasteiger partial charge on any atom is -1.00 e. The normalized spacial score (nSPS) is 20.0. The average molecular weight is 321 g/mol. The summed E-state index contributed by atoms with van der Waals surface area (Å²) in [5.74, 6) is 1.14. The molecule has 0 radical (unpaired) electrons. The molecule has 1 aromatic heterocycles. The number of nitrogens with zero attached hydrogens (tertiary/aromatic N) is 2. The van der Waals surface area contributed by atoms with Crippen LogP contribution in [0, 0.1) is 6.92 Å². The third-order valence-electron chi connectivity index (χ3n) is 2.89. The standard InChI is InChI=1S/C10H16N3O.HI/c1-8-12(2)6-7-13(8)10(14)9-4-3-5-11-9;/h6-7,9,11H,3-5H2,1-2H3;1H/q+1;/p-1/t9-;/m0./s1. The van der Waals surface area contributed by atoms with E-state index in [2.05, 4.69) is 5.32 Å². The highest BCUT2D eigenvalue weighted by Gasteiger charge is 2.28. The van der Waals surface area contributed by atoms with Gasteiger partial charge in [-0.15, -0.1) is 0 Å². The van der Waals surface area contributed by atoms with Gasteiger partial charge in [0.1, 0.15) is 18.4 Å². The van der Waals surface area contributed by atoms with Crippen molar-refractivity contribution in [3.05, 3.63) is 18.2 Å². The number of imidazole rings is 1. The van der Waals surface area contributed by atoms with Crippen LogP contribution < -0.4 is 33.9 Å². The summed E-state index contributed by atoms with van der Waals surface area (Å²) in [4.78, 5) is 12.0. The molecule has 15 heavy (non-hydrogen) atoms. The van der Waals surface area contributed by atoms with Gasteiger partial charge in [-0.1, -0.05) is 0 Å². The highest BCUT2D eigenvalue weighted by atomic mass is 127. The summed E-state index contributed by atoms with van der Waals surface area (Å²) in [6.07, 6.45) is 5.79. The van der Waals surface area contributed by atoms with Crippen molar-refractivity contribution in [2.45, 2.75) is 25.8 Å². The van der Waals surface area contributed by atoms with E-state index in [1.54, 1.807) is 4.57 Å². The van der Waals surface area contributed by atoms with Crippen LogP contribution in [-0.2, 0) is 7.05 Å². The largest absolute Gasteiger partial charge is 1.00 e. The number of rotatable bonds is 1. The maximum Gasteiger partial charge on any atom is 0.331 e. The summed E-state index contributed by atoms with van der Waals surface area (Å²) in [5.41, 5.74) is 0. The first-order valence-corrected chi connectivity index (χ1v) is 5.01. The van der Waals surface area contributed by atoms with Crippen LogP contribution in [0.3, 0.4) is 0 Å². The first kappa shape index (κ1) is 12.6. The van der Waals surface area contributed by atoms with Gasteiger partial charge in [-0.2, -0.15) is 4.57 Å². The molecule has 0 aromatic carbocycles. The molecule has 1 N–H and O–H groups in total. The lowest BCUT2D eigenvalue weighted by molar-refractivity contribution is -0.676. The number of carbonyl (C=O) groups excluding carboxylic acids is 1. The van der Waals surface area contributed by atoms with Crippen molar-refractivity contribution in [2.24, 2.45) is 7.05 Å². The van der Waals surface area contributed by atoms with Crippen LogP contribution in [0.2, 0.25) is 0 Å². The highest BCUT2D eigenvalue weighted by molar-refractivity contribution is 5.84. The number of halogens is 1. The van der Waals surface area contributed by atoms with Gasteiger partial charge in [-0.05, 0) is 19.4 Å². The van der Waals surface area contributed by atoms with Crippen LogP contribution in [0.5, 0.6) is 0 Å². The summed E-state index contributed by atoms with van der Waals surface area (Å²) < 4.78 is 3.68. The Morgan fingerprint density at radius 2 is 2.40 bits per heavy atom. The van der Waals surface area contributed by atoms with Crippen molar-refractivity contribution >= 4 is 5.91 Å². The molecule has 2 heterocycles. The number of hydrogen-bond donors (Lipinski definition) is 1.